The first-order valence-electron chi connectivity index (χ1n) is 8.32. The topological polar surface area (TPSA) is 44.8 Å². The maximum absolute atomic E-state index is 12.8. The Hall–Kier alpha value is -1.46. The Kier molecular flexibility index (Phi) is 3.85. The Morgan fingerprint density at radius 2 is 2.09 bits per heavy atom. The van der Waals surface area contributed by atoms with Gasteiger partial charge in [0.15, 0.2) is 5.75 Å². The molecule has 4 aliphatic heterocycles. The van der Waals surface area contributed by atoms with E-state index in [2.05, 4.69) is 15.1 Å². The highest BCUT2D eigenvalue weighted by Gasteiger charge is 2.35. The first-order chi connectivity index (χ1) is 11.1. The molecule has 0 aromatic heterocycles. The second-order valence-corrected chi connectivity index (χ2v) is 7.23. The van der Waals surface area contributed by atoms with Gasteiger partial charge in [-0.1, -0.05) is 11.6 Å². The fourth-order valence-electron chi connectivity index (χ4n) is 3.96. The molecule has 0 saturated carbocycles. The minimum atomic E-state index is -0.0715. The van der Waals surface area contributed by atoms with Crippen molar-refractivity contribution in [1.29, 1.82) is 0 Å². The summed E-state index contributed by atoms with van der Waals surface area (Å²) in [7, 11) is 1.99. The number of carbonyl (C=O) groups excluding carboxylic acids is 1. The molecule has 1 aromatic rings. The average Bonchev–Trinajstić information content (AvgIpc) is 2.56. The van der Waals surface area contributed by atoms with E-state index in [-0.39, 0.29) is 11.9 Å². The minimum Gasteiger partial charge on any atom is -0.489 e. The maximum Gasteiger partial charge on any atom is 0.255 e. The molecule has 0 radical (unpaired) electrons. The van der Waals surface area contributed by atoms with Gasteiger partial charge < -0.3 is 19.9 Å². The molecule has 4 heterocycles. The Morgan fingerprint density at radius 3 is 2.78 bits per heavy atom. The Morgan fingerprint density at radius 1 is 1.30 bits per heavy atom. The largest absolute Gasteiger partial charge is 0.489 e. The van der Waals surface area contributed by atoms with Gasteiger partial charge in [-0.25, -0.2) is 0 Å². The average molecular weight is 336 g/mol. The smallest absolute Gasteiger partial charge is 0.255 e. The number of piperidine rings is 3. The van der Waals surface area contributed by atoms with Crippen LogP contribution in [0.2, 0.25) is 5.02 Å². The molecular formula is C17H22ClN3O2. The number of rotatable bonds is 2. The quantitative estimate of drug-likeness (QED) is 0.898. The van der Waals surface area contributed by atoms with E-state index in [9.17, 15) is 4.79 Å². The van der Waals surface area contributed by atoms with Crippen LogP contribution < -0.4 is 15.0 Å². The van der Waals surface area contributed by atoms with Crippen molar-refractivity contribution in [1.82, 2.24) is 10.2 Å². The summed E-state index contributed by atoms with van der Waals surface area (Å²) >= 11 is 6.23. The molecule has 1 atom stereocenters. The van der Waals surface area contributed by atoms with Gasteiger partial charge in [0, 0.05) is 24.7 Å². The zero-order chi connectivity index (χ0) is 16.0. The molecule has 0 spiro atoms. The third-order valence-corrected chi connectivity index (χ3v) is 5.55. The lowest BCUT2D eigenvalue weighted by molar-refractivity contribution is 0.0618. The number of hydrogen-bond acceptors (Lipinski definition) is 4. The Labute approximate surface area is 141 Å². The van der Waals surface area contributed by atoms with Crippen molar-refractivity contribution in [3.63, 3.8) is 0 Å². The van der Waals surface area contributed by atoms with Crippen LogP contribution in [-0.4, -0.2) is 56.7 Å². The second kappa shape index (κ2) is 5.87. The van der Waals surface area contributed by atoms with Gasteiger partial charge in [0.2, 0.25) is 0 Å². The predicted octanol–water partition coefficient (Wildman–Crippen LogP) is 1.99. The number of amides is 1. The lowest BCUT2D eigenvalue weighted by Gasteiger charge is -2.45. The highest BCUT2D eigenvalue weighted by molar-refractivity contribution is 6.31. The summed E-state index contributed by atoms with van der Waals surface area (Å²) in [4.78, 5) is 17.3. The summed E-state index contributed by atoms with van der Waals surface area (Å²) < 4.78 is 5.78. The molecule has 1 amide bonds. The van der Waals surface area contributed by atoms with Crippen molar-refractivity contribution in [2.75, 3.05) is 44.7 Å². The van der Waals surface area contributed by atoms with E-state index < -0.39 is 0 Å². The van der Waals surface area contributed by atoms with E-state index in [0.717, 1.165) is 31.9 Å². The first kappa shape index (κ1) is 15.1. The van der Waals surface area contributed by atoms with Crippen LogP contribution in [-0.2, 0) is 0 Å². The molecule has 1 aromatic carbocycles. The monoisotopic (exact) mass is 335 g/mol. The lowest BCUT2D eigenvalue weighted by Crippen LogP contribution is -2.57. The predicted molar refractivity (Wildman–Crippen MR) is 90.6 cm³/mol. The van der Waals surface area contributed by atoms with Crippen LogP contribution in [0.3, 0.4) is 0 Å². The third-order valence-electron chi connectivity index (χ3n) is 5.34. The van der Waals surface area contributed by atoms with Gasteiger partial charge >= 0.3 is 0 Å². The summed E-state index contributed by atoms with van der Waals surface area (Å²) in [5.74, 6) is 1.18. The van der Waals surface area contributed by atoms with E-state index in [1.165, 1.54) is 12.8 Å². The lowest BCUT2D eigenvalue weighted by atomic mass is 9.84. The fraction of sp³-hybridized carbons (Fsp3) is 0.588. The number of anilines is 1. The molecule has 23 heavy (non-hydrogen) atoms. The van der Waals surface area contributed by atoms with E-state index in [1.807, 2.05) is 13.1 Å². The molecule has 5 rings (SSSR count). The van der Waals surface area contributed by atoms with Crippen molar-refractivity contribution >= 4 is 23.2 Å². The number of carbonyl (C=O) groups is 1. The molecule has 1 N–H and O–H groups in total. The number of ether oxygens (including phenoxy) is 1. The van der Waals surface area contributed by atoms with Crippen molar-refractivity contribution in [3.05, 3.63) is 22.7 Å². The van der Waals surface area contributed by atoms with Gasteiger partial charge in [-0.2, -0.15) is 0 Å². The highest BCUT2D eigenvalue weighted by atomic mass is 35.5. The van der Waals surface area contributed by atoms with Crippen molar-refractivity contribution in [2.45, 2.75) is 18.9 Å². The van der Waals surface area contributed by atoms with Crippen molar-refractivity contribution in [3.8, 4) is 5.75 Å². The zero-order valence-corrected chi connectivity index (χ0v) is 14.1. The number of benzene rings is 1. The van der Waals surface area contributed by atoms with Gasteiger partial charge in [-0.3, -0.25) is 4.79 Å². The van der Waals surface area contributed by atoms with Crippen molar-refractivity contribution < 1.29 is 9.53 Å². The van der Waals surface area contributed by atoms with Gasteiger partial charge in [0.25, 0.3) is 5.91 Å². The summed E-state index contributed by atoms with van der Waals surface area (Å²) in [6, 6.07) is 3.82. The van der Waals surface area contributed by atoms with Gasteiger partial charge in [0.05, 0.1) is 17.8 Å². The number of nitrogens with zero attached hydrogens (tertiary/aromatic N) is 2. The molecule has 4 aliphatic rings. The third kappa shape index (κ3) is 2.76. The van der Waals surface area contributed by atoms with Crippen LogP contribution in [0.25, 0.3) is 0 Å². The van der Waals surface area contributed by atoms with E-state index >= 15 is 0 Å². The molecule has 3 fully saturated rings. The second-order valence-electron chi connectivity index (χ2n) is 6.79. The van der Waals surface area contributed by atoms with Crippen LogP contribution >= 0.6 is 11.6 Å². The summed E-state index contributed by atoms with van der Waals surface area (Å²) in [6.07, 6.45) is 2.36. The summed E-state index contributed by atoms with van der Waals surface area (Å²) in [6.45, 7) is 4.67. The van der Waals surface area contributed by atoms with E-state index in [0.29, 0.717) is 28.9 Å². The number of hydrogen-bond donors (Lipinski definition) is 1. The van der Waals surface area contributed by atoms with Gasteiger partial charge in [-0.15, -0.1) is 0 Å². The van der Waals surface area contributed by atoms with Crippen molar-refractivity contribution in [2.24, 2.45) is 5.92 Å². The van der Waals surface area contributed by atoms with Gasteiger partial charge in [0.1, 0.15) is 6.61 Å². The highest BCUT2D eigenvalue weighted by Crippen LogP contribution is 2.37. The number of nitrogens with one attached hydrogen (secondary N) is 1. The summed E-state index contributed by atoms with van der Waals surface area (Å²) in [5, 5.41) is 3.79. The Balaban J connectivity index is 1.59. The molecule has 6 heteroatoms. The van der Waals surface area contributed by atoms with E-state index in [4.69, 9.17) is 16.3 Å². The fourth-order valence-corrected chi connectivity index (χ4v) is 4.18. The van der Waals surface area contributed by atoms with Crippen LogP contribution in [0.5, 0.6) is 5.75 Å². The summed E-state index contributed by atoms with van der Waals surface area (Å²) in [5.41, 5.74) is 1.44. The normalized spacial score (nSPS) is 29.0. The number of halogens is 1. The van der Waals surface area contributed by atoms with Crippen LogP contribution in [0.4, 0.5) is 5.69 Å². The minimum absolute atomic E-state index is 0.0715. The van der Waals surface area contributed by atoms with Crippen LogP contribution in [0, 0.1) is 5.92 Å². The maximum atomic E-state index is 12.8. The standard InChI is InChI=1S/C17H22ClN3O2/c1-20-6-7-23-16-13(8-12(18)9-15(16)20)17(22)19-14-10-21-4-2-11(14)3-5-21/h8-9,11,14H,2-7,10H2,1H3,(H,19,22)/t14-/m1/s1. The van der Waals surface area contributed by atoms with Gasteiger partial charge in [-0.05, 0) is 44.0 Å². The molecular weight excluding hydrogens is 314 g/mol. The molecule has 5 nitrogen and oxygen atoms in total. The Bertz CT molecular complexity index is 629. The zero-order valence-electron chi connectivity index (χ0n) is 13.3. The molecule has 0 aliphatic carbocycles. The van der Waals surface area contributed by atoms with Crippen LogP contribution in [0.1, 0.15) is 23.2 Å². The molecule has 124 valence electrons. The SMILES string of the molecule is CN1CCOc2c(C(=O)N[C@@H]3CN4CCC3CC4)cc(Cl)cc21. The molecule has 0 unspecified atom stereocenters. The number of likely N-dealkylation sites (N-methyl/N-ethyl adjacent to an activating group) is 1. The van der Waals surface area contributed by atoms with Crippen LogP contribution in [0.15, 0.2) is 12.1 Å². The molecule has 3 saturated heterocycles. The van der Waals surface area contributed by atoms with E-state index in [1.54, 1.807) is 6.07 Å². The first-order valence-corrected chi connectivity index (χ1v) is 8.70. The molecule has 2 bridgehead atoms. The number of fused-ring (bicyclic) bond motifs is 4.